The lowest BCUT2D eigenvalue weighted by molar-refractivity contribution is 0.101. The Bertz CT molecular complexity index is 1220. The van der Waals surface area contributed by atoms with Gasteiger partial charge in [-0.25, -0.2) is 9.67 Å². The number of methoxy groups -OCH3 is 1. The molecular weight excluding hydrogens is 428 g/mol. The topological polar surface area (TPSA) is 78.3 Å². The van der Waals surface area contributed by atoms with E-state index in [9.17, 15) is 4.79 Å². The maximum atomic E-state index is 12.9. The fraction of sp³-hybridized carbons (Fsp3) is 0.125. The van der Waals surface area contributed by atoms with Gasteiger partial charge in [-0.3, -0.25) is 4.79 Å². The van der Waals surface area contributed by atoms with E-state index < -0.39 is 5.91 Å². The average molecular weight is 449 g/mol. The molecule has 0 fully saturated rings. The Morgan fingerprint density at radius 1 is 1.00 bits per heavy atom. The van der Waals surface area contributed by atoms with Crippen molar-refractivity contribution in [2.24, 2.45) is 0 Å². The molecule has 0 saturated heterocycles. The highest BCUT2D eigenvalue weighted by atomic mass is 35.5. The van der Waals surface area contributed by atoms with Gasteiger partial charge in [0.05, 0.1) is 24.4 Å². The number of amides is 1. The van der Waals surface area contributed by atoms with E-state index in [1.807, 2.05) is 49.4 Å². The minimum atomic E-state index is -0.435. The van der Waals surface area contributed by atoms with E-state index in [0.29, 0.717) is 34.6 Å². The Balaban J connectivity index is 1.69. The summed E-state index contributed by atoms with van der Waals surface area (Å²) in [5.41, 5.74) is 1.99. The van der Waals surface area contributed by atoms with Gasteiger partial charge in [0.1, 0.15) is 11.5 Å². The molecule has 0 aliphatic heterocycles. The van der Waals surface area contributed by atoms with Gasteiger partial charge < -0.3 is 14.8 Å². The number of nitrogens with one attached hydrogen (secondary N) is 1. The lowest BCUT2D eigenvalue weighted by Crippen LogP contribution is -2.14. The van der Waals surface area contributed by atoms with Gasteiger partial charge in [-0.05, 0) is 67.6 Å². The molecule has 7 nitrogen and oxygen atoms in total. The number of hydrogen-bond donors (Lipinski definition) is 1. The van der Waals surface area contributed by atoms with Crippen molar-refractivity contribution in [3.05, 3.63) is 83.6 Å². The summed E-state index contributed by atoms with van der Waals surface area (Å²) in [4.78, 5) is 17.4. The van der Waals surface area contributed by atoms with Crippen LogP contribution >= 0.6 is 11.6 Å². The maximum absolute atomic E-state index is 12.9. The summed E-state index contributed by atoms with van der Waals surface area (Å²) in [6, 6.07) is 21.7. The van der Waals surface area contributed by atoms with Crippen molar-refractivity contribution in [2.75, 3.05) is 19.0 Å². The lowest BCUT2D eigenvalue weighted by Gasteiger charge is -2.08. The molecule has 0 aliphatic carbocycles. The van der Waals surface area contributed by atoms with Crippen molar-refractivity contribution >= 4 is 23.2 Å². The van der Waals surface area contributed by atoms with E-state index >= 15 is 0 Å². The quantitative estimate of drug-likeness (QED) is 0.418. The molecule has 32 heavy (non-hydrogen) atoms. The summed E-state index contributed by atoms with van der Waals surface area (Å²) in [7, 11) is 1.60. The Kier molecular flexibility index (Phi) is 6.37. The highest BCUT2D eigenvalue weighted by Gasteiger charge is 2.20. The van der Waals surface area contributed by atoms with Crippen LogP contribution in [0.2, 0.25) is 5.02 Å². The van der Waals surface area contributed by atoms with Gasteiger partial charge in [0.15, 0.2) is 5.82 Å². The van der Waals surface area contributed by atoms with E-state index in [0.717, 1.165) is 11.3 Å². The molecule has 0 atom stereocenters. The molecule has 1 heterocycles. The zero-order chi connectivity index (χ0) is 22.5. The molecule has 0 saturated carbocycles. The molecule has 1 aromatic heterocycles. The van der Waals surface area contributed by atoms with E-state index in [1.54, 1.807) is 42.1 Å². The molecule has 3 aromatic carbocycles. The molecule has 4 aromatic rings. The molecule has 8 heteroatoms. The summed E-state index contributed by atoms with van der Waals surface area (Å²) in [5.74, 6) is 1.51. The Hall–Kier alpha value is -3.84. The molecule has 0 aliphatic rings. The second-order valence-corrected chi connectivity index (χ2v) is 7.17. The largest absolute Gasteiger partial charge is 0.497 e. The van der Waals surface area contributed by atoms with Gasteiger partial charge >= 0.3 is 0 Å². The predicted octanol–water partition coefficient (Wildman–Crippen LogP) is 5.25. The Labute approximate surface area is 190 Å². The third kappa shape index (κ3) is 4.58. The first-order valence-electron chi connectivity index (χ1n) is 9.99. The van der Waals surface area contributed by atoms with Gasteiger partial charge in [-0.2, -0.15) is 0 Å². The number of nitrogens with zero attached hydrogens (tertiary/aromatic N) is 3. The fourth-order valence-corrected chi connectivity index (χ4v) is 3.33. The number of benzene rings is 3. The molecule has 0 radical (unpaired) electrons. The van der Waals surface area contributed by atoms with E-state index in [-0.39, 0.29) is 5.82 Å². The number of ether oxygens (including phenoxy) is 2. The van der Waals surface area contributed by atoms with Crippen LogP contribution in [0.4, 0.5) is 5.69 Å². The minimum Gasteiger partial charge on any atom is -0.497 e. The second-order valence-electron chi connectivity index (χ2n) is 6.76. The molecule has 4 rings (SSSR count). The Morgan fingerprint density at radius 3 is 2.34 bits per heavy atom. The van der Waals surface area contributed by atoms with Crippen molar-refractivity contribution in [2.45, 2.75) is 6.92 Å². The van der Waals surface area contributed by atoms with Crippen molar-refractivity contribution < 1.29 is 14.3 Å². The number of hydrogen-bond acceptors (Lipinski definition) is 5. The summed E-state index contributed by atoms with van der Waals surface area (Å²) >= 11 is 6.40. The third-order valence-electron chi connectivity index (χ3n) is 4.66. The van der Waals surface area contributed by atoms with Crippen LogP contribution in [0, 0.1) is 0 Å². The first-order valence-corrected chi connectivity index (χ1v) is 10.4. The van der Waals surface area contributed by atoms with Crippen molar-refractivity contribution in [1.29, 1.82) is 0 Å². The monoisotopic (exact) mass is 448 g/mol. The van der Waals surface area contributed by atoms with Gasteiger partial charge in [0.2, 0.25) is 5.82 Å². The van der Waals surface area contributed by atoms with Crippen LogP contribution in [0.15, 0.2) is 72.8 Å². The summed E-state index contributed by atoms with van der Waals surface area (Å²) in [5, 5.41) is 7.77. The van der Waals surface area contributed by atoms with Crippen LogP contribution in [0.3, 0.4) is 0 Å². The summed E-state index contributed by atoms with van der Waals surface area (Å²) in [6.45, 7) is 2.49. The normalized spacial score (nSPS) is 10.6. The standard InChI is InChI=1S/C24H21ClN4O3/c1-3-32-19-14-10-17(11-15-19)26-24(30)22-27-23(16-8-12-18(31-2)13-9-16)29(28-22)21-7-5-4-6-20(21)25/h4-15H,3H2,1-2H3,(H,26,30). The summed E-state index contributed by atoms with van der Waals surface area (Å²) in [6.07, 6.45) is 0. The second kappa shape index (κ2) is 9.53. The number of para-hydroxylation sites is 1. The fourth-order valence-electron chi connectivity index (χ4n) is 3.11. The van der Waals surface area contributed by atoms with E-state index in [4.69, 9.17) is 21.1 Å². The molecule has 162 valence electrons. The highest BCUT2D eigenvalue weighted by Crippen LogP contribution is 2.27. The highest BCUT2D eigenvalue weighted by molar-refractivity contribution is 6.32. The van der Waals surface area contributed by atoms with E-state index in [1.165, 1.54) is 0 Å². The van der Waals surface area contributed by atoms with Crippen LogP contribution < -0.4 is 14.8 Å². The number of anilines is 1. The van der Waals surface area contributed by atoms with Crippen LogP contribution in [-0.4, -0.2) is 34.4 Å². The number of carbonyl (C=O) groups excluding carboxylic acids is 1. The SMILES string of the molecule is CCOc1ccc(NC(=O)c2nc(-c3ccc(OC)cc3)n(-c3ccccc3Cl)n2)cc1. The average Bonchev–Trinajstić information content (AvgIpc) is 3.26. The van der Waals surface area contributed by atoms with Gasteiger partial charge in [0.25, 0.3) is 5.91 Å². The van der Waals surface area contributed by atoms with Gasteiger partial charge in [0, 0.05) is 11.3 Å². The minimum absolute atomic E-state index is 0.0182. The number of rotatable bonds is 7. The van der Waals surface area contributed by atoms with Crippen LogP contribution in [0.25, 0.3) is 17.1 Å². The number of halogens is 1. The molecule has 1 amide bonds. The van der Waals surface area contributed by atoms with Gasteiger partial charge in [-0.15, -0.1) is 5.10 Å². The van der Waals surface area contributed by atoms with Crippen LogP contribution in [0.5, 0.6) is 11.5 Å². The van der Waals surface area contributed by atoms with Crippen molar-refractivity contribution in [1.82, 2.24) is 14.8 Å². The smallest absolute Gasteiger partial charge is 0.295 e. The molecule has 1 N–H and O–H groups in total. The first kappa shape index (κ1) is 21.4. The van der Waals surface area contributed by atoms with Gasteiger partial charge in [-0.1, -0.05) is 23.7 Å². The number of aromatic nitrogens is 3. The van der Waals surface area contributed by atoms with Crippen LogP contribution in [0.1, 0.15) is 17.5 Å². The zero-order valence-corrected chi connectivity index (χ0v) is 18.3. The first-order chi connectivity index (χ1) is 15.6. The number of carbonyl (C=O) groups is 1. The molecular formula is C24H21ClN4O3. The lowest BCUT2D eigenvalue weighted by atomic mass is 10.2. The van der Waals surface area contributed by atoms with Crippen molar-refractivity contribution in [3.8, 4) is 28.6 Å². The maximum Gasteiger partial charge on any atom is 0.295 e. The summed E-state index contributed by atoms with van der Waals surface area (Å²) < 4.78 is 12.2. The van der Waals surface area contributed by atoms with Crippen LogP contribution in [-0.2, 0) is 0 Å². The van der Waals surface area contributed by atoms with Crippen molar-refractivity contribution in [3.63, 3.8) is 0 Å². The zero-order valence-electron chi connectivity index (χ0n) is 17.6. The predicted molar refractivity (Wildman–Crippen MR) is 124 cm³/mol. The third-order valence-corrected chi connectivity index (χ3v) is 4.98. The molecule has 0 bridgehead atoms. The molecule has 0 unspecified atom stereocenters. The Morgan fingerprint density at radius 2 is 1.69 bits per heavy atom. The van der Waals surface area contributed by atoms with E-state index in [2.05, 4.69) is 15.4 Å². The molecule has 0 spiro atoms.